The number of nitrogens with one attached hydrogen (secondary N) is 3. The second-order valence-electron chi connectivity index (χ2n) is 6.93. The van der Waals surface area contributed by atoms with E-state index in [0.717, 1.165) is 25.7 Å². The SMILES string of the molecule is COc1ccccc1C(=O)NCC(=O)OCC(=O)NC(=O)N[C@@H]1CCCC[C@H]1C. The molecule has 9 heteroatoms. The lowest BCUT2D eigenvalue weighted by Gasteiger charge is -2.29. The van der Waals surface area contributed by atoms with Crippen LogP contribution in [0.4, 0.5) is 4.79 Å². The average molecular weight is 405 g/mol. The third-order valence-corrected chi connectivity index (χ3v) is 4.79. The number of methoxy groups -OCH3 is 1. The molecule has 3 N–H and O–H groups in total. The Hall–Kier alpha value is -3.10. The van der Waals surface area contributed by atoms with Crippen molar-refractivity contribution >= 4 is 23.8 Å². The molecular formula is C20H27N3O6. The van der Waals surface area contributed by atoms with Gasteiger partial charge in [-0.1, -0.05) is 31.9 Å². The fourth-order valence-corrected chi connectivity index (χ4v) is 3.17. The van der Waals surface area contributed by atoms with E-state index in [1.807, 2.05) is 0 Å². The molecule has 0 bridgehead atoms. The van der Waals surface area contributed by atoms with Gasteiger partial charge in [0.05, 0.1) is 12.7 Å². The second-order valence-corrected chi connectivity index (χ2v) is 6.93. The van der Waals surface area contributed by atoms with Gasteiger partial charge in [0.2, 0.25) is 0 Å². The van der Waals surface area contributed by atoms with E-state index in [4.69, 9.17) is 9.47 Å². The molecule has 1 fully saturated rings. The zero-order chi connectivity index (χ0) is 21.2. The molecule has 1 aromatic rings. The fourth-order valence-electron chi connectivity index (χ4n) is 3.17. The van der Waals surface area contributed by atoms with Crippen molar-refractivity contribution in [3.8, 4) is 5.75 Å². The van der Waals surface area contributed by atoms with Crippen molar-refractivity contribution in [1.82, 2.24) is 16.0 Å². The molecule has 0 spiro atoms. The monoisotopic (exact) mass is 405 g/mol. The molecule has 1 aliphatic rings. The molecule has 1 aromatic carbocycles. The number of carbonyl (C=O) groups is 4. The minimum absolute atomic E-state index is 0.0318. The van der Waals surface area contributed by atoms with Crippen molar-refractivity contribution < 1.29 is 28.7 Å². The summed E-state index contributed by atoms with van der Waals surface area (Å²) in [6.45, 7) is 1.03. The number of ether oxygens (including phenoxy) is 2. The minimum Gasteiger partial charge on any atom is -0.496 e. The van der Waals surface area contributed by atoms with Gasteiger partial charge < -0.3 is 20.1 Å². The highest BCUT2D eigenvalue weighted by Crippen LogP contribution is 2.23. The highest BCUT2D eigenvalue weighted by atomic mass is 16.5. The van der Waals surface area contributed by atoms with Crippen LogP contribution in [-0.4, -0.2) is 50.1 Å². The van der Waals surface area contributed by atoms with Gasteiger partial charge in [-0.3, -0.25) is 19.7 Å². The Morgan fingerprint density at radius 1 is 1.10 bits per heavy atom. The van der Waals surface area contributed by atoms with Crippen molar-refractivity contribution in [2.75, 3.05) is 20.3 Å². The maximum Gasteiger partial charge on any atom is 0.325 e. The molecule has 29 heavy (non-hydrogen) atoms. The molecule has 2 rings (SSSR count). The third kappa shape index (κ3) is 7.10. The zero-order valence-electron chi connectivity index (χ0n) is 16.7. The molecule has 1 saturated carbocycles. The summed E-state index contributed by atoms with van der Waals surface area (Å²) in [6, 6.07) is 5.99. The Labute approximate surface area is 169 Å². The largest absolute Gasteiger partial charge is 0.496 e. The molecule has 4 amide bonds. The topological polar surface area (TPSA) is 123 Å². The first-order valence-electron chi connectivity index (χ1n) is 9.58. The Kier molecular flexibility index (Phi) is 8.45. The Morgan fingerprint density at radius 3 is 2.55 bits per heavy atom. The fraction of sp³-hybridized carbons (Fsp3) is 0.500. The normalized spacial score (nSPS) is 18.3. The van der Waals surface area contributed by atoms with E-state index in [1.54, 1.807) is 24.3 Å². The number of hydrogen-bond acceptors (Lipinski definition) is 6. The predicted octanol–water partition coefficient (Wildman–Crippen LogP) is 1.37. The van der Waals surface area contributed by atoms with E-state index in [9.17, 15) is 19.2 Å². The van der Waals surface area contributed by atoms with Crippen LogP contribution >= 0.6 is 0 Å². The van der Waals surface area contributed by atoms with E-state index >= 15 is 0 Å². The lowest BCUT2D eigenvalue weighted by atomic mass is 9.86. The number of urea groups is 1. The van der Waals surface area contributed by atoms with Crippen molar-refractivity contribution in [3.63, 3.8) is 0 Å². The van der Waals surface area contributed by atoms with Crippen LogP contribution in [0.5, 0.6) is 5.75 Å². The van der Waals surface area contributed by atoms with Crippen LogP contribution in [0.15, 0.2) is 24.3 Å². The summed E-state index contributed by atoms with van der Waals surface area (Å²) in [7, 11) is 1.43. The molecule has 0 aliphatic heterocycles. The van der Waals surface area contributed by atoms with Crippen molar-refractivity contribution in [3.05, 3.63) is 29.8 Å². The number of hydrogen-bond donors (Lipinski definition) is 3. The number of para-hydroxylation sites is 1. The summed E-state index contributed by atoms with van der Waals surface area (Å²) in [6.07, 6.45) is 4.10. The molecule has 0 aromatic heterocycles. The van der Waals surface area contributed by atoms with Crippen molar-refractivity contribution in [2.45, 2.75) is 38.6 Å². The summed E-state index contributed by atoms with van der Waals surface area (Å²) < 4.78 is 9.86. The van der Waals surface area contributed by atoms with Crippen molar-refractivity contribution in [2.24, 2.45) is 5.92 Å². The van der Waals surface area contributed by atoms with E-state index in [0.29, 0.717) is 11.7 Å². The maximum absolute atomic E-state index is 12.1. The number of esters is 1. The van der Waals surface area contributed by atoms with Gasteiger partial charge in [-0.15, -0.1) is 0 Å². The van der Waals surface area contributed by atoms with Crippen LogP contribution in [0.3, 0.4) is 0 Å². The van der Waals surface area contributed by atoms with Gasteiger partial charge in [-0.05, 0) is 30.9 Å². The summed E-state index contributed by atoms with van der Waals surface area (Å²) in [5.41, 5.74) is 0.272. The van der Waals surface area contributed by atoms with Gasteiger partial charge in [0, 0.05) is 6.04 Å². The minimum atomic E-state index is -0.801. The van der Waals surface area contributed by atoms with E-state index in [1.165, 1.54) is 7.11 Å². The van der Waals surface area contributed by atoms with Gasteiger partial charge in [0.25, 0.3) is 11.8 Å². The van der Waals surface area contributed by atoms with Gasteiger partial charge >= 0.3 is 12.0 Å². The van der Waals surface area contributed by atoms with Crippen LogP contribution < -0.4 is 20.7 Å². The van der Waals surface area contributed by atoms with E-state index in [2.05, 4.69) is 22.9 Å². The zero-order valence-corrected chi connectivity index (χ0v) is 16.7. The molecule has 2 atom stereocenters. The van der Waals surface area contributed by atoms with Gasteiger partial charge in [-0.2, -0.15) is 0 Å². The van der Waals surface area contributed by atoms with Crippen molar-refractivity contribution in [1.29, 1.82) is 0 Å². The predicted molar refractivity (Wildman–Crippen MR) is 104 cm³/mol. The highest BCUT2D eigenvalue weighted by molar-refractivity contribution is 5.99. The van der Waals surface area contributed by atoms with Gasteiger partial charge in [0.15, 0.2) is 6.61 Å². The summed E-state index contributed by atoms with van der Waals surface area (Å²) in [5.74, 6) is -1.32. The summed E-state index contributed by atoms with van der Waals surface area (Å²) in [4.78, 5) is 47.5. The number of amides is 4. The molecular weight excluding hydrogens is 378 g/mol. The van der Waals surface area contributed by atoms with Crippen LogP contribution in [0, 0.1) is 5.92 Å². The first-order chi connectivity index (χ1) is 13.9. The van der Waals surface area contributed by atoms with Gasteiger partial charge in [0.1, 0.15) is 12.3 Å². The number of rotatable bonds is 7. The molecule has 158 valence electrons. The molecule has 1 aliphatic carbocycles. The quantitative estimate of drug-likeness (QED) is 0.589. The second kappa shape index (κ2) is 11.0. The third-order valence-electron chi connectivity index (χ3n) is 4.79. The van der Waals surface area contributed by atoms with Crippen LogP contribution in [-0.2, 0) is 14.3 Å². The summed E-state index contributed by atoms with van der Waals surface area (Å²) >= 11 is 0. The van der Waals surface area contributed by atoms with E-state index in [-0.39, 0.29) is 11.6 Å². The van der Waals surface area contributed by atoms with Crippen LogP contribution in [0.2, 0.25) is 0 Å². The highest BCUT2D eigenvalue weighted by Gasteiger charge is 2.23. The average Bonchev–Trinajstić information content (AvgIpc) is 2.72. The Morgan fingerprint density at radius 2 is 1.83 bits per heavy atom. The first-order valence-corrected chi connectivity index (χ1v) is 9.58. The number of benzene rings is 1. The van der Waals surface area contributed by atoms with Crippen LogP contribution in [0.25, 0.3) is 0 Å². The molecule has 0 heterocycles. The number of carbonyl (C=O) groups excluding carboxylic acids is 4. The molecule has 0 unspecified atom stereocenters. The standard InChI is InChI=1S/C20H27N3O6/c1-13-7-3-5-9-15(13)22-20(27)23-17(24)12-29-18(25)11-21-19(26)14-8-4-6-10-16(14)28-2/h4,6,8,10,13,15H,3,5,7,9,11-12H2,1-2H3,(H,21,26)(H2,22,23,24,27)/t13-,15-/m1/s1. The lowest BCUT2D eigenvalue weighted by Crippen LogP contribution is -2.48. The molecule has 0 radical (unpaired) electrons. The van der Waals surface area contributed by atoms with Crippen LogP contribution in [0.1, 0.15) is 43.0 Å². The summed E-state index contributed by atoms with van der Waals surface area (Å²) in [5, 5.41) is 7.31. The maximum atomic E-state index is 12.1. The van der Waals surface area contributed by atoms with Gasteiger partial charge in [-0.25, -0.2) is 4.79 Å². The van der Waals surface area contributed by atoms with E-state index < -0.39 is 37.0 Å². The first kappa shape index (κ1) is 22.2. The lowest BCUT2D eigenvalue weighted by molar-refractivity contribution is -0.147. The Balaban J connectivity index is 1.68. The molecule has 9 nitrogen and oxygen atoms in total. The number of imide groups is 1. The smallest absolute Gasteiger partial charge is 0.325 e. The molecule has 0 saturated heterocycles. The Bertz CT molecular complexity index is 751.